The van der Waals surface area contributed by atoms with Gasteiger partial charge in [0, 0.05) is 22.7 Å². The van der Waals surface area contributed by atoms with Gasteiger partial charge in [-0.05, 0) is 30.5 Å². The molecular weight excluding hydrogens is 328 g/mol. The van der Waals surface area contributed by atoms with Gasteiger partial charge in [-0.2, -0.15) is 5.10 Å². The molecule has 3 N–H and O–H groups in total. The summed E-state index contributed by atoms with van der Waals surface area (Å²) in [5, 5.41) is 8.14. The summed E-state index contributed by atoms with van der Waals surface area (Å²) in [6.45, 7) is 0. The number of hydrogen-bond acceptors (Lipinski definition) is 4. The van der Waals surface area contributed by atoms with Crippen molar-refractivity contribution in [3.63, 3.8) is 0 Å². The number of fused-ring (bicyclic) bond motifs is 1. The number of nitrogens with zero attached hydrogens (tertiary/aromatic N) is 2. The van der Waals surface area contributed by atoms with Gasteiger partial charge < -0.3 is 11.1 Å². The van der Waals surface area contributed by atoms with Crippen molar-refractivity contribution in [1.82, 2.24) is 9.78 Å². The van der Waals surface area contributed by atoms with E-state index in [9.17, 15) is 9.59 Å². The molecule has 4 rings (SSSR count). The van der Waals surface area contributed by atoms with E-state index in [1.807, 2.05) is 12.1 Å². The molecule has 1 atom stereocenters. The minimum atomic E-state index is -0.551. The number of primary amides is 1. The quantitative estimate of drug-likeness (QED) is 0.877. The molecule has 7 heteroatoms. The number of carbonyl (C=O) groups excluding carboxylic acids is 2. The van der Waals surface area contributed by atoms with Crippen LogP contribution in [0.15, 0.2) is 41.7 Å². The van der Waals surface area contributed by atoms with E-state index in [0.717, 1.165) is 24.1 Å². The highest BCUT2D eigenvalue weighted by molar-refractivity contribution is 6.30. The van der Waals surface area contributed by atoms with Crippen molar-refractivity contribution in [3.8, 4) is 0 Å². The molecule has 2 aliphatic rings. The Morgan fingerprint density at radius 1 is 1.29 bits per heavy atom. The smallest absolute Gasteiger partial charge is 0.254 e. The maximum atomic E-state index is 12.6. The van der Waals surface area contributed by atoms with Crippen LogP contribution in [0, 0.1) is 0 Å². The van der Waals surface area contributed by atoms with Gasteiger partial charge in [-0.25, -0.2) is 4.68 Å². The minimum Gasteiger partial charge on any atom is -0.365 e. The average molecular weight is 343 g/mol. The molecule has 1 aliphatic heterocycles. The Balaban J connectivity index is 1.93. The highest BCUT2D eigenvalue weighted by atomic mass is 35.5. The Morgan fingerprint density at radius 3 is 2.75 bits per heavy atom. The standard InChI is InChI=1S/C17H15ClN4O2/c18-10-6-4-9(5-7-10)15-14-12(2-1-3-13(14)23)21-17-11(16(19)24)8-20-22(15)17/h4-8,15,21H,1-3H2,(H2,19,24). The number of nitrogens with two attached hydrogens (primary N) is 1. The molecule has 6 nitrogen and oxygen atoms in total. The van der Waals surface area contributed by atoms with Crippen molar-refractivity contribution in [2.24, 2.45) is 5.73 Å². The number of Topliss-reactive ketones (excluding diaryl/α,β-unsaturated/α-hetero) is 1. The predicted octanol–water partition coefficient (Wildman–Crippen LogP) is 2.66. The Kier molecular flexibility index (Phi) is 3.42. The number of ketones is 1. The lowest BCUT2D eigenvalue weighted by molar-refractivity contribution is -0.116. The lowest BCUT2D eigenvalue weighted by Gasteiger charge is -2.33. The van der Waals surface area contributed by atoms with Crippen LogP contribution in [0.2, 0.25) is 5.02 Å². The van der Waals surface area contributed by atoms with E-state index in [-0.39, 0.29) is 11.8 Å². The molecule has 2 aromatic rings. The SMILES string of the molecule is NC(=O)c1cnn2c1NC1=C(C(=O)CCC1)C2c1ccc(Cl)cc1. The topological polar surface area (TPSA) is 90.0 Å². The van der Waals surface area contributed by atoms with Crippen LogP contribution in [0.3, 0.4) is 0 Å². The number of halogens is 1. The lowest BCUT2D eigenvalue weighted by Crippen LogP contribution is -2.32. The first-order valence-corrected chi connectivity index (χ1v) is 8.10. The zero-order valence-electron chi connectivity index (χ0n) is 12.8. The second kappa shape index (κ2) is 5.49. The van der Waals surface area contributed by atoms with Crippen LogP contribution in [0.25, 0.3) is 0 Å². The fraction of sp³-hybridized carbons (Fsp3) is 0.235. The third-order valence-corrected chi connectivity index (χ3v) is 4.74. The van der Waals surface area contributed by atoms with E-state index in [0.29, 0.717) is 28.4 Å². The number of benzene rings is 1. The maximum Gasteiger partial charge on any atom is 0.254 e. The monoisotopic (exact) mass is 342 g/mol. The Labute approximate surface area is 143 Å². The largest absolute Gasteiger partial charge is 0.365 e. The van der Waals surface area contributed by atoms with E-state index in [1.165, 1.54) is 6.20 Å². The molecule has 1 aliphatic carbocycles. The second-order valence-electron chi connectivity index (χ2n) is 5.96. The summed E-state index contributed by atoms with van der Waals surface area (Å²) in [7, 11) is 0. The van der Waals surface area contributed by atoms with Crippen molar-refractivity contribution in [2.75, 3.05) is 5.32 Å². The molecule has 0 radical (unpaired) electrons. The van der Waals surface area contributed by atoms with Gasteiger partial charge in [0.2, 0.25) is 0 Å². The molecule has 2 heterocycles. The summed E-state index contributed by atoms with van der Waals surface area (Å²) in [6.07, 6.45) is 3.51. The van der Waals surface area contributed by atoms with Crippen molar-refractivity contribution < 1.29 is 9.59 Å². The summed E-state index contributed by atoms with van der Waals surface area (Å²) >= 11 is 5.99. The van der Waals surface area contributed by atoms with Crippen molar-refractivity contribution in [1.29, 1.82) is 0 Å². The van der Waals surface area contributed by atoms with Gasteiger partial charge in [0.05, 0.1) is 6.20 Å². The molecule has 1 unspecified atom stereocenters. The molecule has 0 saturated carbocycles. The normalized spacial score (nSPS) is 19.5. The highest BCUT2D eigenvalue weighted by Gasteiger charge is 2.37. The molecule has 1 aromatic heterocycles. The molecule has 0 spiro atoms. The number of rotatable bonds is 2. The Morgan fingerprint density at radius 2 is 2.04 bits per heavy atom. The van der Waals surface area contributed by atoms with E-state index in [2.05, 4.69) is 10.4 Å². The molecule has 1 amide bonds. The first-order valence-electron chi connectivity index (χ1n) is 7.72. The fourth-order valence-electron chi connectivity index (χ4n) is 3.39. The second-order valence-corrected chi connectivity index (χ2v) is 6.40. The van der Waals surface area contributed by atoms with E-state index >= 15 is 0 Å². The Hall–Kier alpha value is -2.60. The minimum absolute atomic E-state index is 0.102. The van der Waals surface area contributed by atoms with Crippen LogP contribution in [0.1, 0.15) is 41.2 Å². The number of amides is 1. The molecule has 1 aromatic carbocycles. The van der Waals surface area contributed by atoms with Gasteiger partial charge in [0.15, 0.2) is 5.78 Å². The molecule has 0 bridgehead atoms. The Bertz CT molecular complexity index is 882. The number of allylic oxidation sites excluding steroid dienone is 2. The lowest BCUT2D eigenvalue weighted by atomic mass is 9.85. The summed E-state index contributed by atoms with van der Waals surface area (Å²) in [5.74, 6) is 0.0890. The number of nitrogens with one attached hydrogen (secondary N) is 1. The molecule has 122 valence electrons. The molecule has 24 heavy (non-hydrogen) atoms. The number of carbonyl (C=O) groups is 2. The van der Waals surface area contributed by atoms with Crippen LogP contribution in [0.5, 0.6) is 0 Å². The predicted molar refractivity (Wildman–Crippen MR) is 89.8 cm³/mol. The summed E-state index contributed by atoms with van der Waals surface area (Å²) < 4.78 is 1.66. The van der Waals surface area contributed by atoms with Crippen molar-refractivity contribution in [3.05, 3.63) is 57.9 Å². The van der Waals surface area contributed by atoms with Crippen LogP contribution in [-0.4, -0.2) is 21.5 Å². The zero-order valence-corrected chi connectivity index (χ0v) is 13.5. The summed E-state index contributed by atoms with van der Waals surface area (Å²) in [5.41, 5.74) is 8.21. The molecule has 0 fully saturated rings. The third-order valence-electron chi connectivity index (χ3n) is 4.49. The molecular formula is C17H15ClN4O2. The van der Waals surface area contributed by atoms with E-state index < -0.39 is 5.91 Å². The van der Waals surface area contributed by atoms with Gasteiger partial charge in [-0.15, -0.1) is 0 Å². The highest BCUT2D eigenvalue weighted by Crippen LogP contribution is 2.41. The maximum absolute atomic E-state index is 12.6. The fourth-order valence-corrected chi connectivity index (χ4v) is 3.52. The van der Waals surface area contributed by atoms with Crippen molar-refractivity contribution in [2.45, 2.75) is 25.3 Å². The summed E-state index contributed by atoms with van der Waals surface area (Å²) in [6, 6.07) is 6.94. The van der Waals surface area contributed by atoms with E-state index in [4.69, 9.17) is 17.3 Å². The first kappa shape index (κ1) is 15.0. The summed E-state index contributed by atoms with van der Waals surface area (Å²) in [4.78, 5) is 24.2. The number of aromatic nitrogens is 2. The van der Waals surface area contributed by atoms with E-state index in [1.54, 1.807) is 16.8 Å². The number of hydrogen-bond donors (Lipinski definition) is 2. The van der Waals surface area contributed by atoms with Gasteiger partial charge in [0.1, 0.15) is 17.4 Å². The van der Waals surface area contributed by atoms with Crippen LogP contribution in [-0.2, 0) is 4.79 Å². The molecule has 0 saturated heterocycles. The van der Waals surface area contributed by atoms with Gasteiger partial charge in [0.25, 0.3) is 5.91 Å². The first-order chi connectivity index (χ1) is 11.6. The van der Waals surface area contributed by atoms with Crippen LogP contribution in [0.4, 0.5) is 5.82 Å². The van der Waals surface area contributed by atoms with Gasteiger partial charge in [-0.3, -0.25) is 9.59 Å². The van der Waals surface area contributed by atoms with Gasteiger partial charge >= 0.3 is 0 Å². The zero-order chi connectivity index (χ0) is 16.8. The number of anilines is 1. The van der Waals surface area contributed by atoms with Crippen molar-refractivity contribution >= 4 is 29.1 Å². The van der Waals surface area contributed by atoms with Gasteiger partial charge in [-0.1, -0.05) is 23.7 Å². The average Bonchev–Trinajstić information content (AvgIpc) is 2.98. The third kappa shape index (κ3) is 2.22. The van der Waals surface area contributed by atoms with Crippen LogP contribution < -0.4 is 11.1 Å². The van der Waals surface area contributed by atoms with Crippen LogP contribution >= 0.6 is 11.6 Å².